The van der Waals surface area contributed by atoms with Crippen molar-refractivity contribution in [3.05, 3.63) is 26.9 Å². The Morgan fingerprint density at radius 3 is 2.88 bits per heavy atom. The summed E-state index contributed by atoms with van der Waals surface area (Å²) in [6.45, 7) is 0.145. The maximum atomic E-state index is 11.2. The van der Waals surface area contributed by atoms with Gasteiger partial charge in [-0.25, -0.2) is 0 Å². The predicted molar refractivity (Wildman–Crippen MR) is 66.3 cm³/mol. The fourth-order valence-corrected chi connectivity index (χ4v) is 2.08. The second kappa shape index (κ2) is 6.44. The van der Waals surface area contributed by atoms with Crippen LogP contribution in [0.2, 0.25) is 0 Å². The summed E-state index contributed by atoms with van der Waals surface area (Å²) >= 11 is 4.85. The van der Waals surface area contributed by atoms with Crippen molar-refractivity contribution in [1.29, 1.82) is 0 Å². The lowest BCUT2D eigenvalue weighted by molar-refractivity contribution is -0.136. The Morgan fingerprint density at radius 1 is 1.56 bits per heavy atom. The molecular weight excluding hydrogens is 294 g/mol. The first kappa shape index (κ1) is 12.9. The Balaban J connectivity index is 2.34. The maximum absolute atomic E-state index is 11.2. The van der Waals surface area contributed by atoms with Gasteiger partial charge in [0.15, 0.2) is 0 Å². The Labute approximate surface area is 105 Å². The zero-order valence-electron chi connectivity index (χ0n) is 8.27. The first-order valence-corrected chi connectivity index (χ1v) is 6.17. The van der Waals surface area contributed by atoms with E-state index in [1.807, 2.05) is 11.4 Å². The van der Waals surface area contributed by atoms with Crippen LogP contribution in [0.5, 0.6) is 0 Å². The van der Waals surface area contributed by atoms with Crippen molar-refractivity contribution in [2.75, 3.05) is 6.54 Å². The quantitative estimate of drug-likeness (QED) is 0.819. The number of aliphatic carboxylic acids is 1. The van der Waals surface area contributed by atoms with Gasteiger partial charge in [-0.15, -0.1) is 11.3 Å². The second-order valence-corrected chi connectivity index (χ2v) is 5.24. The molecule has 2 N–H and O–H groups in total. The van der Waals surface area contributed by atoms with Crippen molar-refractivity contribution in [2.45, 2.75) is 6.42 Å². The van der Waals surface area contributed by atoms with E-state index in [-0.39, 0.29) is 18.9 Å². The normalized spacial score (nSPS) is 10.6. The van der Waals surface area contributed by atoms with Crippen LogP contribution in [0.15, 0.2) is 21.3 Å². The fourth-order valence-electron chi connectivity index (χ4n) is 0.934. The highest BCUT2D eigenvalue weighted by molar-refractivity contribution is 9.11. The molecule has 0 saturated heterocycles. The third kappa shape index (κ3) is 5.09. The Kier molecular flexibility index (Phi) is 5.21. The Bertz CT molecular complexity index is 414. The molecule has 0 aromatic carbocycles. The van der Waals surface area contributed by atoms with E-state index in [1.54, 1.807) is 6.08 Å². The molecule has 0 atom stereocenters. The van der Waals surface area contributed by atoms with Gasteiger partial charge in [0.1, 0.15) is 0 Å². The van der Waals surface area contributed by atoms with Crippen LogP contribution in [0.3, 0.4) is 0 Å². The molecule has 1 aromatic rings. The molecule has 1 amide bonds. The molecule has 0 fully saturated rings. The standard InChI is InChI=1S/C10H10BrNO3S/c11-8-5-7(6-16-8)1-2-9(13)12-4-3-10(14)15/h1-2,5-6H,3-4H2,(H,12,13)(H,14,15)/b2-1+. The number of hydrogen-bond acceptors (Lipinski definition) is 3. The van der Waals surface area contributed by atoms with Crippen LogP contribution >= 0.6 is 27.3 Å². The van der Waals surface area contributed by atoms with Crippen molar-refractivity contribution in [3.8, 4) is 0 Å². The average molecular weight is 304 g/mol. The summed E-state index contributed by atoms with van der Waals surface area (Å²) in [5.41, 5.74) is 0.935. The van der Waals surface area contributed by atoms with Gasteiger partial charge in [-0.2, -0.15) is 0 Å². The Hall–Kier alpha value is -1.14. The molecule has 0 aliphatic rings. The molecule has 1 rings (SSSR count). The van der Waals surface area contributed by atoms with E-state index in [4.69, 9.17) is 5.11 Å². The molecule has 16 heavy (non-hydrogen) atoms. The topological polar surface area (TPSA) is 66.4 Å². The number of amides is 1. The largest absolute Gasteiger partial charge is 0.481 e. The Morgan fingerprint density at radius 2 is 2.31 bits per heavy atom. The first-order chi connectivity index (χ1) is 7.58. The lowest BCUT2D eigenvalue weighted by Crippen LogP contribution is -2.23. The van der Waals surface area contributed by atoms with E-state index in [2.05, 4.69) is 21.2 Å². The molecule has 1 aromatic heterocycles. The molecule has 1 heterocycles. The van der Waals surface area contributed by atoms with Gasteiger partial charge in [-0.1, -0.05) is 0 Å². The third-order valence-corrected chi connectivity index (χ3v) is 3.18. The second-order valence-electron chi connectivity index (χ2n) is 2.95. The molecule has 4 nitrogen and oxygen atoms in total. The van der Waals surface area contributed by atoms with Gasteiger partial charge in [0.2, 0.25) is 5.91 Å². The number of carboxylic acids is 1. The fraction of sp³-hybridized carbons (Fsp3) is 0.200. The van der Waals surface area contributed by atoms with E-state index in [9.17, 15) is 9.59 Å². The number of carbonyl (C=O) groups is 2. The molecule has 0 unspecified atom stereocenters. The molecule has 6 heteroatoms. The van der Waals surface area contributed by atoms with Gasteiger partial charge in [0.25, 0.3) is 0 Å². The highest BCUT2D eigenvalue weighted by atomic mass is 79.9. The highest BCUT2D eigenvalue weighted by Gasteiger charge is 1.99. The van der Waals surface area contributed by atoms with Gasteiger partial charge in [0, 0.05) is 12.6 Å². The number of rotatable bonds is 5. The molecule has 0 spiro atoms. The predicted octanol–water partition coefficient (Wildman–Crippen LogP) is 2.11. The molecule has 0 saturated carbocycles. The van der Waals surface area contributed by atoms with Crippen molar-refractivity contribution in [2.24, 2.45) is 0 Å². The summed E-state index contributed by atoms with van der Waals surface area (Å²) in [5, 5.41) is 12.7. The van der Waals surface area contributed by atoms with E-state index in [0.717, 1.165) is 9.35 Å². The maximum Gasteiger partial charge on any atom is 0.305 e. The minimum Gasteiger partial charge on any atom is -0.481 e. The van der Waals surface area contributed by atoms with E-state index in [1.165, 1.54) is 17.4 Å². The van der Waals surface area contributed by atoms with Crippen LogP contribution in [0.25, 0.3) is 6.08 Å². The van der Waals surface area contributed by atoms with Crippen molar-refractivity contribution >= 4 is 45.2 Å². The van der Waals surface area contributed by atoms with Gasteiger partial charge < -0.3 is 10.4 Å². The SMILES string of the molecule is O=C(O)CCNC(=O)/C=C/c1csc(Br)c1. The summed E-state index contributed by atoms with van der Waals surface area (Å²) < 4.78 is 0.999. The first-order valence-electron chi connectivity index (χ1n) is 4.49. The number of nitrogens with one attached hydrogen (secondary N) is 1. The zero-order chi connectivity index (χ0) is 12.0. The number of thiophene rings is 1. The van der Waals surface area contributed by atoms with Crippen molar-refractivity contribution < 1.29 is 14.7 Å². The summed E-state index contributed by atoms with van der Waals surface area (Å²) in [7, 11) is 0. The van der Waals surface area contributed by atoms with Crippen LogP contribution in [0.4, 0.5) is 0 Å². The van der Waals surface area contributed by atoms with Crippen LogP contribution in [0.1, 0.15) is 12.0 Å². The summed E-state index contributed by atoms with van der Waals surface area (Å²) in [4.78, 5) is 21.4. The molecular formula is C10H10BrNO3S. The number of carbonyl (C=O) groups excluding carboxylic acids is 1. The summed E-state index contributed by atoms with van der Waals surface area (Å²) in [5.74, 6) is -1.21. The monoisotopic (exact) mass is 303 g/mol. The minimum absolute atomic E-state index is 0.0659. The lowest BCUT2D eigenvalue weighted by Gasteiger charge is -1.97. The summed E-state index contributed by atoms with van der Waals surface area (Å²) in [6, 6.07) is 1.89. The van der Waals surface area contributed by atoms with Crippen LogP contribution in [0, 0.1) is 0 Å². The van der Waals surface area contributed by atoms with Crippen LogP contribution in [-0.2, 0) is 9.59 Å². The minimum atomic E-state index is -0.925. The molecule has 0 bridgehead atoms. The zero-order valence-corrected chi connectivity index (χ0v) is 10.7. The lowest BCUT2D eigenvalue weighted by atomic mass is 10.3. The van der Waals surface area contributed by atoms with E-state index in [0.29, 0.717) is 0 Å². The van der Waals surface area contributed by atoms with Gasteiger partial charge in [0.05, 0.1) is 10.2 Å². The number of hydrogen-bond donors (Lipinski definition) is 2. The molecule has 0 radical (unpaired) electrons. The van der Waals surface area contributed by atoms with E-state index >= 15 is 0 Å². The van der Waals surface area contributed by atoms with Crippen molar-refractivity contribution in [3.63, 3.8) is 0 Å². The van der Waals surface area contributed by atoms with Crippen LogP contribution in [-0.4, -0.2) is 23.5 Å². The summed E-state index contributed by atoms with van der Waals surface area (Å²) in [6.07, 6.45) is 3.00. The molecule has 0 aliphatic heterocycles. The van der Waals surface area contributed by atoms with Crippen LogP contribution < -0.4 is 5.32 Å². The number of carboxylic acid groups (broad SMARTS) is 1. The number of halogens is 1. The highest BCUT2D eigenvalue weighted by Crippen LogP contribution is 2.21. The molecule has 86 valence electrons. The van der Waals surface area contributed by atoms with E-state index < -0.39 is 5.97 Å². The smallest absolute Gasteiger partial charge is 0.305 e. The van der Waals surface area contributed by atoms with Crippen molar-refractivity contribution in [1.82, 2.24) is 5.32 Å². The molecule has 0 aliphatic carbocycles. The average Bonchev–Trinajstić information content (AvgIpc) is 2.61. The van der Waals surface area contributed by atoms with Gasteiger partial charge >= 0.3 is 5.97 Å². The van der Waals surface area contributed by atoms with Gasteiger partial charge in [-0.3, -0.25) is 9.59 Å². The van der Waals surface area contributed by atoms with Gasteiger partial charge in [-0.05, 0) is 39.0 Å². The third-order valence-electron chi connectivity index (χ3n) is 1.65.